The van der Waals surface area contributed by atoms with Gasteiger partial charge >= 0.3 is 0 Å². The number of piperidine rings is 1. The highest BCUT2D eigenvalue weighted by Crippen LogP contribution is 2.25. The fraction of sp³-hybridized carbons (Fsp3) is 0.769. The maximum atomic E-state index is 4.34. The highest BCUT2D eigenvalue weighted by atomic mass is 15.1. The Labute approximate surface area is 104 Å². The van der Waals surface area contributed by atoms with E-state index in [1.54, 1.807) is 0 Å². The van der Waals surface area contributed by atoms with E-state index in [-0.39, 0.29) is 0 Å². The summed E-state index contributed by atoms with van der Waals surface area (Å²) in [6.07, 6.45) is 6.59. The van der Waals surface area contributed by atoms with Crippen molar-refractivity contribution in [2.45, 2.75) is 31.7 Å². The van der Waals surface area contributed by atoms with Gasteiger partial charge in [0.1, 0.15) is 0 Å². The van der Waals surface area contributed by atoms with Crippen LogP contribution >= 0.6 is 0 Å². The Morgan fingerprint density at radius 3 is 3.06 bits per heavy atom. The van der Waals surface area contributed by atoms with E-state index in [9.17, 15) is 0 Å². The lowest BCUT2D eigenvalue weighted by molar-refractivity contribution is 0.326. The van der Waals surface area contributed by atoms with Crippen LogP contribution in [0.4, 0.5) is 0 Å². The number of nitrogens with one attached hydrogen (secondary N) is 1. The van der Waals surface area contributed by atoms with Crippen molar-refractivity contribution in [2.24, 2.45) is 0 Å². The quantitative estimate of drug-likeness (QED) is 0.859. The Hall–Kier alpha value is -0.870. The maximum Gasteiger partial charge on any atom is 0.0951 e. The highest BCUT2D eigenvalue weighted by molar-refractivity contribution is 5.09. The molecule has 1 N–H and O–H groups in total. The maximum absolute atomic E-state index is 4.34. The van der Waals surface area contributed by atoms with Crippen molar-refractivity contribution in [3.05, 3.63) is 18.2 Å². The van der Waals surface area contributed by atoms with E-state index in [1.807, 2.05) is 12.5 Å². The normalized spacial score (nSPS) is 22.9. The van der Waals surface area contributed by atoms with Crippen LogP contribution in [0.3, 0.4) is 0 Å². The molecule has 4 nitrogen and oxygen atoms in total. The number of hydrogen-bond acceptors (Lipinski definition) is 3. The van der Waals surface area contributed by atoms with Crippen LogP contribution in [0.5, 0.6) is 0 Å². The molecular formula is C13H24N4. The third kappa shape index (κ3) is 3.07. The fourth-order valence-corrected chi connectivity index (χ4v) is 2.72. The molecule has 96 valence electrons. The second-order valence-electron chi connectivity index (χ2n) is 5.38. The molecule has 1 fully saturated rings. The van der Waals surface area contributed by atoms with Crippen molar-refractivity contribution in [1.29, 1.82) is 0 Å². The summed E-state index contributed by atoms with van der Waals surface area (Å²) < 4.78 is 2.34. The van der Waals surface area contributed by atoms with Crippen molar-refractivity contribution < 1.29 is 0 Å². The number of imidazole rings is 1. The second-order valence-corrected chi connectivity index (χ2v) is 5.38. The smallest absolute Gasteiger partial charge is 0.0951 e. The number of rotatable bonds is 4. The number of hydrogen-bond donors (Lipinski definition) is 1. The Morgan fingerprint density at radius 2 is 2.41 bits per heavy atom. The average molecular weight is 236 g/mol. The van der Waals surface area contributed by atoms with Gasteiger partial charge in [0.2, 0.25) is 0 Å². The molecule has 17 heavy (non-hydrogen) atoms. The molecule has 1 aliphatic rings. The van der Waals surface area contributed by atoms with Crippen LogP contribution in [0, 0.1) is 0 Å². The fourth-order valence-electron chi connectivity index (χ4n) is 2.72. The van der Waals surface area contributed by atoms with Crippen LogP contribution in [0.1, 0.15) is 37.4 Å². The van der Waals surface area contributed by atoms with Gasteiger partial charge in [-0.05, 0) is 40.4 Å². The molecule has 0 radical (unpaired) electrons. The van der Waals surface area contributed by atoms with Gasteiger partial charge in [0.15, 0.2) is 0 Å². The molecule has 1 aromatic rings. The molecular weight excluding hydrogens is 212 g/mol. The molecule has 2 atom stereocenters. The summed E-state index contributed by atoms with van der Waals surface area (Å²) in [5, 5.41) is 3.48. The topological polar surface area (TPSA) is 33.1 Å². The minimum atomic E-state index is 0.490. The van der Waals surface area contributed by atoms with Gasteiger partial charge in [-0.1, -0.05) is 0 Å². The first-order chi connectivity index (χ1) is 8.18. The summed E-state index contributed by atoms with van der Waals surface area (Å²) in [5.74, 6) is 0.635. The zero-order valence-corrected chi connectivity index (χ0v) is 11.2. The molecule has 0 aliphatic carbocycles. The van der Waals surface area contributed by atoms with E-state index in [0.717, 1.165) is 19.6 Å². The van der Waals surface area contributed by atoms with Gasteiger partial charge in [0.05, 0.1) is 6.33 Å². The lowest BCUT2D eigenvalue weighted by Crippen LogP contribution is -2.31. The summed E-state index contributed by atoms with van der Waals surface area (Å²) in [6, 6.07) is 0.490. The van der Waals surface area contributed by atoms with Gasteiger partial charge in [0.25, 0.3) is 0 Å². The lowest BCUT2D eigenvalue weighted by Gasteiger charge is -2.27. The third-order valence-corrected chi connectivity index (χ3v) is 3.52. The summed E-state index contributed by atoms with van der Waals surface area (Å²) in [7, 11) is 4.24. The molecule has 0 amide bonds. The Bertz CT molecular complexity index is 339. The van der Waals surface area contributed by atoms with Crippen LogP contribution in [-0.2, 0) is 0 Å². The highest BCUT2D eigenvalue weighted by Gasteiger charge is 2.20. The molecule has 0 aromatic carbocycles. The summed E-state index contributed by atoms with van der Waals surface area (Å²) in [6.45, 7) is 5.59. The van der Waals surface area contributed by atoms with Gasteiger partial charge in [0, 0.05) is 36.9 Å². The van der Waals surface area contributed by atoms with Crippen LogP contribution in [0.25, 0.3) is 0 Å². The Balaban J connectivity index is 2.09. The molecule has 1 aromatic heterocycles. The van der Waals surface area contributed by atoms with Crippen LogP contribution in [0.2, 0.25) is 0 Å². The first-order valence-corrected chi connectivity index (χ1v) is 6.55. The van der Waals surface area contributed by atoms with Gasteiger partial charge in [-0.25, -0.2) is 4.98 Å². The van der Waals surface area contributed by atoms with E-state index in [2.05, 4.69) is 40.8 Å². The number of aromatic nitrogens is 2. The molecule has 2 rings (SSSR count). The van der Waals surface area contributed by atoms with Gasteiger partial charge in [-0.2, -0.15) is 0 Å². The van der Waals surface area contributed by atoms with Crippen molar-refractivity contribution in [2.75, 3.05) is 33.7 Å². The SMILES string of the molecule is CC(CN(C)C)n1cncc1C1CCCNC1. The molecule has 2 heterocycles. The lowest BCUT2D eigenvalue weighted by atomic mass is 9.96. The number of nitrogens with zero attached hydrogens (tertiary/aromatic N) is 3. The van der Waals surface area contributed by atoms with Crippen molar-refractivity contribution in [1.82, 2.24) is 19.8 Å². The Kier molecular flexibility index (Phi) is 4.18. The predicted molar refractivity (Wildman–Crippen MR) is 70.3 cm³/mol. The average Bonchev–Trinajstić information content (AvgIpc) is 2.78. The zero-order chi connectivity index (χ0) is 12.3. The van der Waals surface area contributed by atoms with E-state index >= 15 is 0 Å². The minimum absolute atomic E-state index is 0.490. The van der Waals surface area contributed by atoms with E-state index in [1.165, 1.54) is 18.5 Å². The van der Waals surface area contributed by atoms with Crippen LogP contribution in [0.15, 0.2) is 12.5 Å². The van der Waals surface area contributed by atoms with E-state index in [4.69, 9.17) is 0 Å². The van der Waals surface area contributed by atoms with Crippen LogP contribution in [-0.4, -0.2) is 48.2 Å². The molecule has 0 bridgehead atoms. The summed E-state index contributed by atoms with van der Waals surface area (Å²) in [5.41, 5.74) is 1.39. The molecule has 1 saturated heterocycles. The third-order valence-electron chi connectivity index (χ3n) is 3.52. The zero-order valence-electron chi connectivity index (χ0n) is 11.2. The minimum Gasteiger partial charge on any atom is -0.330 e. The van der Waals surface area contributed by atoms with Gasteiger partial charge in [-0.15, -0.1) is 0 Å². The van der Waals surface area contributed by atoms with E-state index < -0.39 is 0 Å². The van der Waals surface area contributed by atoms with Gasteiger partial charge in [-0.3, -0.25) is 0 Å². The first kappa shape index (κ1) is 12.6. The summed E-state index contributed by atoms with van der Waals surface area (Å²) in [4.78, 5) is 6.57. The monoisotopic (exact) mass is 236 g/mol. The Morgan fingerprint density at radius 1 is 1.59 bits per heavy atom. The predicted octanol–water partition coefficient (Wildman–Crippen LogP) is 1.47. The molecule has 0 spiro atoms. The van der Waals surface area contributed by atoms with Crippen molar-refractivity contribution >= 4 is 0 Å². The largest absolute Gasteiger partial charge is 0.330 e. The number of likely N-dealkylation sites (N-methyl/N-ethyl adjacent to an activating group) is 1. The standard InChI is InChI=1S/C13H24N4/c1-11(9-16(2)3)17-10-15-8-13(17)12-5-4-6-14-7-12/h8,10-12,14H,4-7,9H2,1-3H3. The molecule has 1 aliphatic heterocycles. The first-order valence-electron chi connectivity index (χ1n) is 6.55. The van der Waals surface area contributed by atoms with Crippen molar-refractivity contribution in [3.63, 3.8) is 0 Å². The molecule has 0 saturated carbocycles. The van der Waals surface area contributed by atoms with Crippen molar-refractivity contribution in [3.8, 4) is 0 Å². The molecule has 2 unspecified atom stereocenters. The summed E-state index contributed by atoms with van der Waals surface area (Å²) >= 11 is 0. The van der Waals surface area contributed by atoms with Crippen LogP contribution < -0.4 is 5.32 Å². The van der Waals surface area contributed by atoms with Gasteiger partial charge < -0.3 is 14.8 Å². The second kappa shape index (κ2) is 5.65. The molecule has 4 heteroatoms. The van der Waals surface area contributed by atoms with E-state index in [0.29, 0.717) is 12.0 Å².